The van der Waals surface area contributed by atoms with Gasteiger partial charge in [0.05, 0.1) is 18.0 Å². The fourth-order valence-corrected chi connectivity index (χ4v) is 3.33. The van der Waals surface area contributed by atoms with Crippen LogP contribution >= 0.6 is 11.8 Å². The lowest BCUT2D eigenvalue weighted by Gasteiger charge is -2.34. The van der Waals surface area contributed by atoms with Crippen LogP contribution in [0.4, 0.5) is 8.78 Å². The Balaban J connectivity index is 2.28. The number of carboxylic acid groups (broad SMARTS) is 1. The van der Waals surface area contributed by atoms with E-state index in [-0.39, 0.29) is 17.5 Å². The summed E-state index contributed by atoms with van der Waals surface area (Å²) in [6.45, 7) is 1.81. The minimum absolute atomic E-state index is 0.180. The van der Waals surface area contributed by atoms with Gasteiger partial charge >= 0.3 is 5.97 Å². The fourth-order valence-electron chi connectivity index (χ4n) is 2.27. The van der Waals surface area contributed by atoms with Gasteiger partial charge in [-0.05, 0) is 18.6 Å². The van der Waals surface area contributed by atoms with Crippen molar-refractivity contribution in [3.63, 3.8) is 0 Å². The van der Waals surface area contributed by atoms with Crippen LogP contribution in [0, 0.1) is 18.6 Å². The molecule has 4 nitrogen and oxygen atoms in total. The lowest BCUT2D eigenvalue weighted by Crippen LogP contribution is -2.47. The van der Waals surface area contributed by atoms with Crippen LogP contribution in [0.3, 0.4) is 0 Å². The van der Waals surface area contributed by atoms with E-state index in [0.717, 1.165) is 0 Å². The number of halogens is 2. The predicted molar refractivity (Wildman–Crippen MR) is 75.5 cm³/mol. The molecule has 1 aliphatic heterocycles. The van der Waals surface area contributed by atoms with Crippen molar-refractivity contribution in [1.29, 1.82) is 0 Å². The van der Waals surface area contributed by atoms with Crippen molar-refractivity contribution in [2.24, 2.45) is 0 Å². The van der Waals surface area contributed by atoms with Gasteiger partial charge in [0.2, 0.25) is 0 Å². The number of thioether (sulfide) groups is 1. The lowest BCUT2D eigenvalue weighted by molar-refractivity contribution is -0.138. The van der Waals surface area contributed by atoms with Crippen LogP contribution in [0.2, 0.25) is 0 Å². The number of carboxylic acids is 1. The van der Waals surface area contributed by atoms with Crippen LogP contribution in [-0.4, -0.2) is 46.0 Å². The number of aryl methyl sites for hydroxylation is 1. The van der Waals surface area contributed by atoms with Crippen LogP contribution in [0.5, 0.6) is 0 Å². The first-order chi connectivity index (χ1) is 9.90. The number of nitrogens with zero attached hydrogens (tertiary/aromatic N) is 1. The molecule has 0 spiro atoms. The Hall–Kier alpha value is -1.63. The highest BCUT2D eigenvalue weighted by atomic mass is 32.2. The summed E-state index contributed by atoms with van der Waals surface area (Å²) < 4.78 is 27.1. The summed E-state index contributed by atoms with van der Waals surface area (Å²) in [7, 11) is 0. The number of carbonyl (C=O) groups excluding carboxylic acids is 1. The first kappa shape index (κ1) is 15.8. The van der Waals surface area contributed by atoms with Crippen molar-refractivity contribution < 1.29 is 23.5 Å². The van der Waals surface area contributed by atoms with Crippen molar-refractivity contribution in [1.82, 2.24) is 4.90 Å². The normalized spacial score (nSPS) is 18.6. The second-order valence-corrected chi connectivity index (χ2v) is 6.06. The van der Waals surface area contributed by atoms with Crippen molar-refractivity contribution in [2.75, 3.05) is 18.1 Å². The van der Waals surface area contributed by atoms with Crippen molar-refractivity contribution >= 4 is 23.6 Å². The molecule has 1 aliphatic rings. The van der Waals surface area contributed by atoms with E-state index in [2.05, 4.69) is 0 Å². The maximum atomic E-state index is 13.8. The topological polar surface area (TPSA) is 57.6 Å². The number of amides is 1. The summed E-state index contributed by atoms with van der Waals surface area (Å²) in [4.78, 5) is 24.7. The first-order valence-corrected chi connectivity index (χ1v) is 7.61. The summed E-state index contributed by atoms with van der Waals surface area (Å²) in [5.41, 5.74) is -0.0305. The van der Waals surface area contributed by atoms with E-state index in [0.29, 0.717) is 24.1 Å². The van der Waals surface area contributed by atoms with E-state index in [1.165, 1.54) is 17.9 Å². The third-order valence-corrected chi connectivity index (χ3v) is 4.47. The maximum Gasteiger partial charge on any atom is 0.305 e. The molecule has 2 rings (SSSR count). The Morgan fingerprint density at radius 3 is 2.76 bits per heavy atom. The molecule has 114 valence electrons. The van der Waals surface area contributed by atoms with Crippen LogP contribution in [0.15, 0.2) is 12.1 Å². The van der Waals surface area contributed by atoms with Gasteiger partial charge in [0.15, 0.2) is 0 Å². The molecule has 0 aliphatic carbocycles. The van der Waals surface area contributed by atoms with E-state index in [1.807, 2.05) is 0 Å². The average molecular weight is 315 g/mol. The molecule has 1 atom stereocenters. The number of hydrogen-bond donors (Lipinski definition) is 1. The van der Waals surface area contributed by atoms with Crippen molar-refractivity contribution in [2.45, 2.75) is 19.4 Å². The molecule has 0 aromatic heterocycles. The van der Waals surface area contributed by atoms with Crippen LogP contribution in [0.25, 0.3) is 0 Å². The molecule has 0 bridgehead atoms. The summed E-state index contributed by atoms with van der Waals surface area (Å²) >= 11 is 1.56. The van der Waals surface area contributed by atoms with Crippen LogP contribution in [-0.2, 0) is 4.79 Å². The first-order valence-electron chi connectivity index (χ1n) is 6.46. The van der Waals surface area contributed by atoms with Crippen LogP contribution < -0.4 is 0 Å². The molecule has 1 unspecified atom stereocenters. The van der Waals surface area contributed by atoms with E-state index >= 15 is 0 Å². The van der Waals surface area contributed by atoms with Gasteiger partial charge in [-0.2, -0.15) is 11.8 Å². The Morgan fingerprint density at radius 1 is 1.38 bits per heavy atom. The Kier molecular flexibility index (Phi) is 4.82. The van der Waals surface area contributed by atoms with E-state index in [1.54, 1.807) is 11.8 Å². The maximum absolute atomic E-state index is 13.8. The van der Waals surface area contributed by atoms with E-state index in [4.69, 9.17) is 5.11 Å². The summed E-state index contributed by atoms with van der Waals surface area (Å²) in [5, 5.41) is 8.90. The molecular weight excluding hydrogens is 300 g/mol. The van der Waals surface area contributed by atoms with Crippen LogP contribution in [0.1, 0.15) is 22.3 Å². The van der Waals surface area contributed by atoms with Gasteiger partial charge in [-0.1, -0.05) is 0 Å². The van der Waals surface area contributed by atoms with Gasteiger partial charge in [0, 0.05) is 24.1 Å². The van der Waals surface area contributed by atoms with Crippen molar-refractivity contribution in [3.05, 3.63) is 34.9 Å². The Morgan fingerprint density at radius 2 is 2.10 bits per heavy atom. The molecule has 1 amide bonds. The number of carbonyl (C=O) groups is 2. The molecule has 1 fully saturated rings. The highest BCUT2D eigenvalue weighted by Crippen LogP contribution is 2.23. The molecule has 0 radical (unpaired) electrons. The summed E-state index contributed by atoms with van der Waals surface area (Å²) in [6.07, 6.45) is -0.180. The zero-order valence-corrected chi connectivity index (χ0v) is 12.3. The van der Waals surface area contributed by atoms with Gasteiger partial charge in [-0.25, -0.2) is 8.78 Å². The second-order valence-electron chi connectivity index (χ2n) is 4.91. The minimum atomic E-state index is -1.00. The highest BCUT2D eigenvalue weighted by Gasteiger charge is 2.31. The molecule has 21 heavy (non-hydrogen) atoms. The molecule has 1 saturated heterocycles. The smallest absolute Gasteiger partial charge is 0.305 e. The number of rotatable bonds is 3. The number of aliphatic carboxylic acids is 1. The standard InChI is InChI=1S/C14H15F2NO3S/c1-8-4-10(12(16)6-11(8)15)14(20)17-2-3-21-7-9(17)5-13(18)19/h4,6,9H,2-3,5,7H2,1H3,(H,18,19). The second kappa shape index (κ2) is 6.43. The van der Waals surface area contributed by atoms with Gasteiger partial charge in [0.1, 0.15) is 11.6 Å². The molecule has 7 heteroatoms. The molecule has 1 heterocycles. The molecule has 1 aromatic carbocycles. The SMILES string of the molecule is Cc1cc(C(=O)N2CCSCC2CC(=O)O)c(F)cc1F. The van der Waals surface area contributed by atoms with E-state index in [9.17, 15) is 18.4 Å². The predicted octanol–water partition coefficient (Wildman–Crippen LogP) is 2.31. The Labute approximate surface area is 125 Å². The minimum Gasteiger partial charge on any atom is -0.481 e. The van der Waals surface area contributed by atoms with Gasteiger partial charge in [-0.15, -0.1) is 0 Å². The zero-order valence-electron chi connectivity index (χ0n) is 11.4. The average Bonchev–Trinajstić information content (AvgIpc) is 2.42. The molecule has 0 saturated carbocycles. The third-order valence-electron chi connectivity index (χ3n) is 3.38. The molecular formula is C14H15F2NO3S. The summed E-state index contributed by atoms with van der Waals surface area (Å²) in [6, 6.07) is 1.39. The fraction of sp³-hybridized carbons (Fsp3) is 0.429. The molecule has 1 N–H and O–H groups in total. The van der Waals surface area contributed by atoms with Crippen molar-refractivity contribution in [3.8, 4) is 0 Å². The van der Waals surface area contributed by atoms with E-state index < -0.39 is 29.6 Å². The third kappa shape index (κ3) is 3.53. The lowest BCUT2D eigenvalue weighted by atomic mass is 10.1. The monoisotopic (exact) mass is 315 g/mol. The number of hydrogen-bond acceptors (Lipinski definition) is 3. The molecule has 1 aromatic rings. The Bertz CT molecular complexity index is 580. The van der Waals surface area contributed by atoms with Gasteiger partial charge < -0.3 is 10.0 Å². The van der Waals surface area contributed by atoms with Gasteiger partial charge in [-0.3, -0.25) is 9.59 Å². The number of benzene rings is 1. The quantitative estimate of drug-likeness (QED) is 0.930. The van der Waals surface area contributed by atoms with Gasteiger partial charge in [0.25, 0.3) is 5.91 Å². The summed E-state index contributed by atoms with van der Waals surface area (Å²) in [5.74, 6) is -2.04. The zero-order chi connectivity index (χ0) is 15.6. The highest BCUT2D eigenvalue weighted by molar-refractivity contribution is 7.99. The largest absolute Gasteiger partial charge is 0.481 e.